The van der Waals surface area contributed by atoms with Gasteiger partial charge in [0.2, 0.25) is 0 Å². The molecule has 0 radical (unpaired) electrons. The Morgan fingerprint density at radius 2 is 1.76 bits per heavy atom. The summed E-state index contributed by atoms with van der Waals surface area (Å²) in [6.07, 6.45) is 1.04. The van der Waals surface area contributed by atoms with Gasteiger partial charge in [-0.05, 0) is 37.1 Å². The number of para-hydroxylation sites is 1. The highest BCUT2D eigenvalue weighted by Crippen LogP contribution is 2.28. The lowest BCUT2D eigenvalue weighted by Gasteiger charge is -2.24. The highest BCUT2D eigenvalue weighted by molar-refractivity contribution is 9.10. The van der Waals surface area contributed by atoms with Gasteiger partial charge in [-0.1, -0.05) is 53.2 Å². The summed E-state index contributed by atoms with van der Waals surface area (Å²) in [4.78, 5) is 0. The van der Waals surface area contributed by atoms with Gasteiger partial charge in [0.25, 0.3) is 0 Å². The average molecular weight is 348 g/mol. The maximum atomic E-state index is 5.46. The van der Waals surface area contributed by atoms with Gasteiger partial charge in [-0.2, -0.15) is 0 Å². The summed E-state index contributed by atoms with van der Waals surface area (Å²) in [6, 6.07) is 17.3. The lowest BCUT2D eigenvalue weighted by atomic mass is 10.0. The molecule has 0 spiro atoms. The van der Waals surface area contributed by atoms with Crippen molar-refractivity contribution in [2.24, 2.45) is 0 Å². The van der Waals surface area contributed by atoms with Crippen LogP contribution in [0.5, 0.6) is 5.75 Å². The zero-order valence-electron chi connectivity index (χ0n) is 12.8. The zero-order chi connectivity index (χ0) is 15.2. The van der Waals surface area contributed by atoms with Crippen LogP contribution in [0.1, 0.15) is 43.5 Å². The first-order valence-corrected chi connectivity index (χ1v) is 8.09. The van der Waals surface area contributed by atoms with Crippen LogP contribution in [-0.2, 0) is 0 Å². The summed E-state index contributed by atoms with van der Waals surface area (Å²) in [5.41, 5.74) is 2.50. The topological polar surface area (TPSA) is 21.3 Å². The van der Waals surface area contributed by atoms with Crippen molar-refractivity contribution in [1.29, 1.82) is 0 Å². The van der Waals surface area contributed by atoms with E-state index in [1.165, 1.54) is 11.1 Å². The Bertz CT molecular complexity index is 568. The molecule has 0 aliphatic carbocycles. The summed E-state index contributed by atoms with van der Waals surface area (Å²) >= 11 is 3.49. The molecule has 2 aromatic carbocycles. The van der Waals surface area contributed by atoms with Crippen molar-refractivity contribution in [3.8, 4) is 5.75 Å². The van der Waals surface area contributed by atoms with E-state index < -0.39 is 0 Å². The number of halogens is 1. The molecular weight excluding hydrogens is 326 g/mol. The molecule has 1 N–H and O–H groups in total. The quantitative estimate of drug-likeness (QED) is 0.769. The smallest absolute Gasteiger partial charge is 0.123 e. The maximum Gasteiger partial charge on any atom is 0.123 e. The van der Waals surface area contributed by atoms with Crippen LogP contribution in [0.2, 0.25) is 0 Å². The average Bonchev–Trinajstić information content (AvgIpc) is 2.53. The van der Waals surface area contributed by atoms with Crippen molar-refractivity contribution >= 4 is 15.9 Å². The van der Waals surface area contributed by atoms with Crippen molar-refractivity contribution < 1.29 is 4.74 Å². The van der Waals surface area contributed by atoms with Crippen LogP contribution in [0.25, 0.3) is 0 Å². The molecule has 21 heavy (non-hydrogen) atoms. The highest BCUT2D eigenvalue weighted by atomic mass is 79.9. The van der Waals surface area contributed by atoms with Crippen LogP contribution >= 0.6 is 15.9 Å². The van der Waals surface area contributed by atoms with E-state index in [1.807, 2.05) is 12.1 Å². The Hall–Kier alpha value is -1.32. The predicted octanol–water partition coefficient (Wildman–Crippen LogP) is 5.26. The number of benzene rings is 2. The maximum absolute atomic E-state index is 5.46. The first-order chi connectivity index (χ1) is 10.2. The van der Waals surface area contributed by atoms with Gasteiger partial charge in [0.15, 0.2) is 0 Å². The number of methoxy groups -OCH3 is 1. The van der Waals surface area contributed by atoms with E-state index in [9.17, 15) is 0 Å². The number of hydrogen-bond acceptors (Lipinski definition) is 2. The van der Waals surface area contributed by atoms with Crippen LogP contribution in [-0.4, -0.2) is 7.11 Å². The minimum absolute atomic E-state index is 0.231. The SMILES string of the molecule is CCC(N[C@@H](C)c1ccccc1OC)c1ccc(Br)cc1. The Labute approximate surface area is 135 Å². The van der Waals surface area contributed by atoms with Gasteiger partial charge < -0.3 is 10.1 Å². The molecule has 3 heteroatoms. The summed E-state index contributed by atoms with van der Waals surface area (Å²) < 4.78 is 6.57. The van der Waals surface area contributed by atoms with E-state index in [0.717, 1.165) is 16.6 Å². The van der Waals surface area contributed by atoms with Crippen molar-refractivity contribution in [3.63, 3.8) is 0 Å². The third-order valence-corrected chi connectivity index (χ3v) is 4.27. The normalized spacial score (nSPS) is 13.7. The lowest BCUT2D eigenvalue weighted by Crippen LogP contribution is -2.24. The first kappa shape index (κ1) is 16.1. The van der Waals surface area contributed by atoms with Crippen molar-refractivity contribution in [2.45, 2.75) is 32.4 Å². The van der Waals surface area contributed by atoms with Crippen LogP contribution in [0, 0.1) is 0 Å². The van der Waals surface area contributed by atoms with Crippen LogP contribution < -0.4 is 10.1 Å². The molecule has 0 fully saturated rings. The first-order valence-electron chi connectivity index (χ1n) is 7.30. The van der Waals surface area contributed by atoms with E-state index in [2.05, 4.69) is 71.5 Å². The fraction of sp³-hybridized carbons (Fsp3) is 0.333. The number of nitrogens with one attached hydrogen (secondary N) is 1. The Morgan fingerprint density at radius 3 is 2.38 bits per heavy atom. The van der Waals surface area contributed by atoms with Crippen molar-refractivity contribution in [2.75, 3.05) is 7.11 Å². The van der Waals surface area contributed by atoms with Crippen LogP contribution in [0.15, 0.2) is 53.0 Å². The molecule has 0 amide bonds. The Balaban J connectivity index is 2.16. The molecule has 0 bridgehead atoms. The molecule has 0 heterocycles. The number of ether oxygens (including phenoxy) is 1. The van der Waals surface area contributed by atoms with E-state index in [4.69, 9.17) is 4.74 Å². The third kappa shape index (κ3) is 4.08. The van der Waals surface area contributed by atoms with Crippen molar-refractivity contribution in [1.82, 2.24) is 5.32 Å². The molecule has 0 aromatic heterocycles. The van der Waals surface area contributed by atoms with Gasteiger partial charge >= 0.3 is 0 Å². The van der Waals surface area contributed by atoms with Gasteiger partial charge in [-0.3, -0.25) is 0 Å². The molecule has 0 saturated carbocycles. The van der Waals surface area contributed by atoms with Gasteiger partial charge in [0, 0.05) is 22.1 Å². The second-order valence-electron chi connectivity index (χ2n) is 5.14. The summed E-state index contributed by atoms with van der Waals surface area (Å²) in [5, 5.41) is 3.70. The van der Waals surface area contributed by atoms with E-state index in [-0.39, 0.29) is 6.04 Å². The molecule has 0 aliphatic heterocycles. The minimum atomic E-state index is 0.231. The molecule has 1 unspecified atom stereocenters. The monoisotopic (exact) mass is 347 g/mol. The van der Waals surface area contributed by atoms with Gasteiger partial charge in [-0.15, -0.1) is 0 Å². The fourth-order valence-corrected chi connectivity index (χ4v) is 2.82. The van der Waals surface area contributed by atoms with Gasteiger partial charge in [-0.25, -0.2) is 0 Å². The predicted molar refractivity (Wildman–Crippen MR) is 91.7 cm³/mol. The molecule has 2 rings (SSSR count). The highest BCUT2D eigenvalue weighted by Gasteiger charge is 2.16. The molecule has 2 nitrogen and oxygen atoms in total. The molecule has 2 aromatic rings. The van der Waals surface area contributed by atoms with E-state index in [1.54, 1.807) is 7.11 Å². The second kappa shape index (κ2) is 7.62. The molecule has 112 valence electrons. The zero-order valence-corrected chi connectivity index (χ0v) is 14.4. The fourth-order valence-electron chi connectivity index (χ4n) is 2.56. The summed E-state index contributed by atoms with van der Waals surface area (Å²) in [7, 11) is 1.72. The summed E-state index contributed by atoms with van der Waals surface area (Å²) in [5.74, 6) is 0.933. The van der Waals surface area contributed by atoms with Crippen LogP contribution in [0.4, 0.5) is 0 Å². The largest absolute Gasteiger partial charge is 0.496 e. The van der Waals surface area contributed by atoms with Crippen molar-refractivity contribution in [3.05, 3.63) is 64.1 Å². The van der Waals surface area contributed by atoms with E-state index >= 15 is 0 Å². The lowest BCUT2D eigenvalue weighted by molar-refractivity contribution is 0.392. The van der Waals surface area contributed by atoms with E-state index in [0.29, 0.717) is 6.04 Å². The Kier molecular flexibility index (Phi) is 5.83. The molecular formula is C18H22BrNO. The second-order valence-corrected chi connectivity index (χ2v) is 6.06. The minimum Gasteiger partial charge on any atom is -0.496 e. The number of rotatable bonds is 6. The number of hydrogen-bond donors (Lipinski definition) is 1. The van der Waals surface area contributed by atoms with Crippen LogP contribution in [0.3, 0.4) is 0 Å². The molecule has 0 aliphatic rings. The standard InChI is InChI=1S/C18H22BrNO/c1-4-17(14-9-11-15(19)12-10-14)20-13(2)16-7-5-6-8-18(16)21-3/h5-13,17,20H,4H2,1-3H3/t13-,17?/m0/s1. The summed E-state index contributed by atoms with van der Waals surface area (Å²) in [6.45, 7) is 4.38. The molecule has 2 atom stereocenters. The van der Waals surface area contributed by atoms with Gasteiger partial charge in [0.1, 0.15) is 5.75 Å². The molecule has 0 saturated heterocycles. The Morgan fingerprint density at radius 1 is 1.10 bits per heavy atom. The third-order valence-electron chi connectivity index (χ3n) is 3.74. The van der Waals surface area contributed by atoms with Gasteiger partial charge in [0.05, 0.1) is 7.11 Å².